The van der Waals surface area contributed by atoms with Gasteiger partial charge in [0.2, 0.25) is 0 Å². The summed E-state index contributed by atoms with van der Waals surface area (Å²) in [5.74, 6) is 0.574. The van der Waals surface area contributed by atoms with Gasteiger partial charge in [-0.3, -0.25) is 5.32 Å². The van der Waals surface area contributed by atoms with Crippen molar-refractivity contribution in [3.8, 4) is 0 Å². The van der Waals surface area contributed by atoms with E-state index in [0.717, 1.165) is 10.0 Å². The molecule has 0 spiro atoms. The van der Waals surface area contributed by atoms with Crippen molar-refractivity contribution in [2.45, 2.75) is 33.2 Å². The summed E-state index contributed by atoms with van der Waals surface area (Å²) in [5, 5.41) is 5.52. The molecule has 2 amide bonds. The fraction of sp³-hybridized carbons (Fsp3) is 0.455. The first-order valence-corrected chi connectivity index (χ1v) is 5.78. The molecule has 0 aliphatic carbocycles. The maximum atomic E-state index is 11.6. The molecule has 0 aliphatic heterocycles. The van der Waals surface area contributed by atoms with Gasteiger partial charge in [-0.2, -0.15) is 0 Å². The Labute approximate surface area is 104 Å². The van der Waals surface area contributed by atoms with E-state index < -0.39 is 0 Å². The third-order valence-corrected chi connectivity index (χ3v) is 2.20. The lowest BCUT2D eigenvalue weighted by Gasteiger charge is -2.20. The SMILES string of the molecule is Cc1cc(Br)cnc1NC(=O)NC(C)(C)C. The molecule has 0 radical (unpaired) electrons. The molecule has 0 aliphatic rings. The van der Waals surface area contributed by atoms with E-state index in [2.05, 4.69) is 31.5 Å². The molecule has 0 bridgehead atoms. The third kappa shape index (κ3) is 4.18. The highest BCUT2D eigenvalue weighted by molar-refractivity contribution is 9.10. The van der Waals surface area contributed by atoms with Crippen molar-refractivity contribution >= 4 is 27.8 Å². The van der Waals surface area contributed by atoms with E-state index in [9.17, 15) is 4.79 Å². The normalized spacial score (nSPS) is 11.1. The van der Waals surface area contributed by atoms with Gasteiger partial charge >= 0.3 is 6.03 Å². The van der Waals surface area contributed by atoms with Gasteiger partial charge in [-0.15, -0.1) is 0 Å². The Morgan fingerprint density at radius 3 is 2.56 bits per heavy atom. The molecule has 16 heavy (non-hydrogen) atoms. The molecule has 1 aromatic heterocycles. The topological polar surface area (TPSA) is 54.0 Å². The number of carbonyl (C=O) groups is 1. The van der Waals surface area contributed by atoms with Crippen LogP contribution in [0.2, 0.25) is 0 Å². The number of halogens is 1. The van der Waals surface area contributed by atoms with Gasteiger partial charge in [0.15, 0.2) is 0 Å². The summed E-state index contributed by atoms with van der Waals surface area (Å²) < 4.78 is 0.895. The van der Waals surface area contributed by atoms with Gasteiger partial charge < -0.3 is 5.32 Å². The summed E-state index contributed by atoms with van der Waals surface area (Å²) in [4.78, 5) is 15.7. The van der Waals surface area contributed by atoms with Gasteiger partial charge in [-0.25, -0.2) is 9.78 Å². The third-order valence-electron chi connectivity index (χ3n) is 1.77. The first-order chi connectivity index (χ1) is 7.28. The number of aryl methyl sites for hydroxylation is 1. The highest BCUT2D eigenvalue weighted by Gasteiger charge is 2.14. The summed E-state index contributed by atoms with van der Waals surface area (Å²) in [5.41, 5.74) is 0.659. The lowest BCUT2D eigenvalue weighted by molar-refractivity contribution is 0.243. The minimum atomic E-state index is -0.257. The first-order valence-electron chi connectivity index (χ1n) is 4.99. The van der Waals surface area contributed by atoms with Crippen LogP contribution in [0.1, 0.15) is 26.3 Å². The van der Waals surface area contributed by atoms with Crippen LogP contribution in [0.4, 0.5) is 10.6 Å². The second kappa shape index (κ2) is 4.82. The molecule has 0 unspecified atom stereocenters. The molecule has 0 atom stereocenters. The lowest BCUT2D eigenvalue weighted by Crippen LogP contribution is -2.43. The van der Waals surface area contributed by atoms with E-state index in [1.807, 2.05) is 33.8 Å². The molecule has 1 rings (SSSR count). The van der Waals surface area contributed by atoms with Crippen LogP contribution in [-0.2, 0) is 0 Å². The predicted octanol–water partition coefficient (Wildman–Crippen LogP) is 3.07. The van der Waals surface area contributed by atoms with Crippen LogP contribution in [0.25, 0.3) is 0 Å². The van der Waals surface area contributed by atoms with Crippen molar-refractivity contribution in [1.29, 1.82) is 0 Å². The van der Waals surface area contributed by atoms with Gasteiger partial charge in [-0.1, -0.05) is 0 Å². The predicted molar refractivity (Wildman–Crippen MR) is 68.6 cm³/mol. The quantitative estimate of drug-likeness (QED) is 0.833. The molecular formula is C11H16BrN3O. The second-order valence-corrected chi connectivity index (χ2v) is 5.56. The molecule has 0 aromatic carbocycles. The molecule has 2 N–H and O–H groups in total. The van der Waals surface area contributed by atoms with Gasteiger partial charge in [0.25, 0.3) is 0 Å². The molecular weight excluding hydrogens is 270 g/mol. The minimum absolute atomic E-state index is 0.245. The average molecular weight is 286 g/mol. The fourth-order valence-corrected chi connectivity index (χ4v) is 1.60. The number of hydrogen-bond acceptors (Lipinski definition) is 2. The number of rotatable bonds is 1. The summed E-state index contributed by atoms with van der Waals surface area (Å²) >= 11 is 3.32. The van der Waals surface area contributed by atoms with Crippen molar-refractivity contribution < 1.29 is 4.79 Å². The molecule has 5 heteroatoms. The maximum Gasteiger partial charge on any atom is 0.320 e. The number of pyridine rings is 1. The van der Waals surface area contributed by atoms with E-state index in [1.165, 1.54) is 0 Å². The Kier molecular flexibility index (Phi) is 3.91. The van der Waals surface area contributed by atoms with Crippen LogP contribution in [0.3, 0.4) is 0 Å². The van der Waals surface area contributed by atoms with Crippen LogP contribution in [0, 0.1) is 6.92 Å². The van der Waals surface area contributed by atoms with Crippen LogP contribution in [0.5, 0.6) is 0 Å². The van der Waals surface area contributed by atoms with Crippen LogP contribution >= 0.6 is 15.9 Å². The Morgan fingerprint density at radius 2 is 2.06 bits per heavy atom. The zero-order chi connectivity index (χ0) is 12.3. The lowest BCUT2D eigenvalue weighted by atomic mass is 10.1. The van der Waals surface area contributed by atoms with Gasteiger partial charge in [0, 0.05) is 16.2 Å². The van der Waals surface area contributed by atoms with Gasteiger partial charge in [0.05, 0.1) is 0 Å². The highest BCUT2D eigenvalue weighted by Crippen LogP contribution is 2.16. The Balaban J connectivity index is 2.70. The molecule has 0 saturated carbocycles. The summed E-state index contributed by atoms with van der Waals surface area (Å²) in [6.45, 7) is 7.67. The second-order valence-electron chi connectivity index (χ2n) is 4.65. The smallest absolute Gasteiger partial charge is 0.320 e. The average Bonchev–Trinajstić information content (AvgIpc) is 2.06. The van der Waals surface area contributed by atoms with E-state index in [1.54, 1.807) is 6.20 Å². The number of urea groups is 1. The Bertz CT molecular complexity index is 399. The number of amides is 2. The van der Waals surface area contributed by atoms with Crippen molar-refractivity contribution in [2.75, 3.05) is 5.32 Å². The van der Waals surface area contributed by atoms with Crippen molar-refractivity contribution in [3.63, 3.8) is 0 Å². The van der Waals surface area contributed by atoms with E-state index in [-0.39, 0.29) is 11.6 Å². The molecule has 4 nitrogen and oxygen atoms in total. The minimum Gasteiger partial charge on any atom is -0.333 e. The van der Waals surface area contributed by atoms with Crippen molar-refractivity contribution in [1.82, 2.24) is 10.3 Å². The number of anilines is 1. The van der Waals surface area contributed by atoms with E-state index in [0.29, 0.717) is 5.82 Å². The number of carbonyl (C=O) groups excluding carboxylic acids is 1. The number of hydrogen-bond donors (Lipinski definition) is 2. The summed E-state index contributed by atoms with van der Waals surface area (Å²) in [7, 11) is 0. The maximum absolute atomic E-state index is 11.6. The van der Waals surface area contributed by atoms with Crippen LogP contribution in [0.15, 0.2) is 16.7 Å². The van der Waals surface area contributed by atoms with E-state index in [4.69, 9.17) is 0 Å². The Morgan fingerprint density at radius 1 is 1.44 bits per heavy atom. The monoisotopic (exact) mass is 285 g/mol. The molecule has 0 fully saturated rings. The van der Waals surface area contributed by atoms with Crippen LogP contribution < -0.4 is 10.6 Å². The zero-order valence-electron chi connectivity index (χ0n) is 9.89. The molecule has 1 aromatic rings. The fourth-order valence-electron chi connectivity index (χ4n) is 1.15. The standard InChI is InChI=1S/C11H16BrN3O/c1-7-5-8(12)6-13-9(7)14-10(16)15-11(2,3)4/h5-6H,1-4H3,(H2,13,14,15,16). The Hall–Kier alpha value is -1.10. The van der Waals surface area contributed by atoms with Crippen LogP contribution in [-0.4, -0.2) is 16.6 Å². The number of nitrogens with one attached hydrogen (secondary N) is 2. The van der Waals surface area contributed by atoms with Gasteiger partial charge in [0.1, 0.15) is 5.82 Å². The highest BCUT2D eigenvalue weighted by atomic mass is 79.9. The zero-order valence-corrected chi connectivity index (χ0v) is 11.5. The van der Waals surface area contributed by atoms with E-state index >= 15 is 0 Å². The summed E-state index contributed by atoms with van der Waals surface area (Å²) in [6.07, 6.45) is 1.65. The summed E-state index contributed by atoms with van der Waals surface area (Å²) in [6, 6.07) is 1.66. The number of nitrogens with zero attached hydrogens (tertiary/aromatic N) is 1. The largest absolute Gasteiger partial charge is 0.333 e. The first kappa shape index (κ1) is 13.0. The molecule has 0 saturated heterocycles. The van der Waals surface area contributed by atoms with Gasteiger partial charge in [-0.05, 0) is 55.3 Å². The molecule has 88 valence electrons. The van der Waals surface area contributed by atoms with Crippen molar-refractivity contribution in [2.24, 2.45) is 0 Å². The number of aromatic nitrogens is 1. The molecule has 1 heterocycles. The van der Waals surface area contributed by atoms with Crippen molar-refractivity contribution in [3.05, 3.63) is 22.3 Å².